The van der Waals surface area contributed by atoms with Gasteiger partial charge in [-0.1, -0.05) is 24.1 Å². The van der Waals surface area contributed by atoms with Crippen molar-refractivity contribution in [2.45, 2.75) is 32.2 Å². The largest absolute Gasteiger partial charge is 0.329 e. The zero-order valence-corrected chi connectivity index (χ0v) is 13.0. The molecule has 7 heteroatoms. The molecule has 0 aliphatic carbocycles. The molecule has 0 amide bonds. The van der Waals surface area contributed by atoms with Gasteiger partial charge in [-0.25, -0.2) is 0 Å². The number of piperidine rings is 1. The number of nitrogens with two attached hydrogens (primary N) is 1. The standard InChI is InChI=1S/C13H20ClN3O2S/c1-10-5-6-12(14)13(8-10)16-20(18,19)17-7-3-2-4-11(17)9-15/h5-6,8,11,16H,2-4,7,9,15H2,1H3. The van der Waals surface area contributed by atoms with E-state index in [1.807, 2.05) is 13.0 Å². The van der Waals surface area contributed by atoms with Crippen molar-refractivity contribution in [1.29, 1.82) is 0 Å². The Kier molecular flexibility index (Phi) is 4.90. The Hall–Kier alpha value is -0.820. The van der Waals surface area contributed by atoms with Gasteiger partial charge in [0, 0.05) is 19.1 Å². The number of nitrogens with one attached hydrogen (secondary N) is 1. The molecule has 1 aromatic rings. The quantitative estimate of drug-likeness (QED) is 0.893. The fraction of sp³-hybridized carbons (Fsp3) is 0.538. The van der Waals surface area contributed by atoms with Gasteiger partial charge in [0.05, 0.1) is 10.7 Å². The molecule has 1 saturated heterocycles. The lowest BCUT2D eigenvalue weighted by Crippen LogP contribution is -2.49. The molecular formula is C13H20ClN3O2S. The highest BCUT2D eigenvalue weighted by Crippen LogP contribution is 2.26. The van der Waals surface area contributed by atoms with Gasteiger partial charge in [-0.15, -0.1) is 0 Å². The highest BCUT2D eigenvalue weighted by atomic mass is 35.5. The molecule has 1 aliphatic rings. The highest BCUT2D eigenvalue weighted by molar-refractivity contribution is 7.90. The van der Waals surface area contributed by atoms with E-state index in [1.165, 1.54) is 4.31 Å². The smallest absolute Gasteiger partial charge is 0.301 e. The minimum Gasteiger partial charge on any atom is -0.329 e. The van der Waals surface area contributed by atoms with E-state index >= 15 is 0 Å². The molecule has 3 N–H and O–H groups in total. The van der Waals surface area contributed by atoms with E-state index in [1.54, 1.807) is 12.1 Å². The third-order valence-electron chi connectivity index (χ3n) is 3.51. The summed E-state index contributed by atoms with van der Waals surface area (Å²) in [6.45, 7) is 2.72. The van der Waals surface area contributed by atoms with Gasteiger partial charge in [0.25, 0.3) is 0 Å². The molecule has 1 atom stereocenters. The van der Waals surface area contributed by atoms with E-state index in [-0.39, 0.29) is 6.04 Å². The van der Waals surface area contributed by atoms with Crippen molar-refractivity contribution in [3.63, 3.8) is 0 Å². The van der Waals surface area contributed by atoms with Crippen molar-refractivity contribution in [3.05, 3.63) is 28.8 Å². The summed E-state index contributed by atoms with van der Waals surface area (Å²) in [7, 11) is -3.62. The number of benzene rings is 1. The van der Waals surface area contributed by atoms with Crippen LogP contribution in [0.1, 0.15) is 24.8 Å². The SMILES string of the molecule is Cc1ccc(Cl)c(NS(=O)(=O)N2CCCCC2CN)c1. The van der Waals surface area contributed by atoms with E-state index in [0.29, 0.717) is 23.8 Å². The maximum atomic E-state index is 12.5. The van der Waals surface area contributed by atoms with Crippen LogP contribution in [0.5, 0.6) is 0 Å². The lowest BCUT2D eigenvalue weighted by atomic mass is 10.1. The van der Waals surface area contributed by atoms with Crippen LogP contribution in [0.2, 0.25) is 5.02 Å². The average molecular weight is 318 g/mol. The molecule has 0 saturated carbocycles. The third-order valence-corrected chi connectivity index (χ3v) is 5.42. The second-order valence-corrected chi connectivity index (χ2v) is 7.12. The molecule has 1 unspecified atom stereocenters. The number of halogens is 1. The molecule has 112 valence electrons. The number of rotatable bonds is 4. The molecule has 1 aliphatic heterocycles. The predicted octanol–water partition coefficient (Wildman–Crippen LogP) is 2.12. The van der Waals surface area contributed by atoms with E-state index in [4.69, 9.17) is 17.3 Å². The van der Waals surface area contributed by atoms with Gasteiger partial charge in [0.1, 0.15) is 0 Å². The number of nitrogens with zero attached hydrogens (tertiary/aromatic N) is 1. The van der Waals surface area contributed by atoms with Crippen molar-refractivity contribution >= 4 is 27.5 Å². The summed E-state index contributed by atoms with van der Waals surface area (Å²) >= 11 is 6.04. The number of hydrogen-bond donors (Lipinski definition) is 2. The number of anilines is 1. The third kappa shape index (κ3) is 3.44. The summed E-state index contributed by atoms with van der Waals surface area (Å²) in [5, 5.41) is 0.389. The van der Waals surface area contributed by atoms with Crippen molar-refractivity contribution in [2.75, 3.05) is 17.8 Å². The van der Waals surface area contributed by atoms with Gasteiger partial charge in [-0.3, -0.25) is 4.72 Å². The van der Waals surface area contributed by atoms with Crippen LogP contribution in [0.15, 0.2) is 18.2 Å². The lowest BCUT2D eigenvalue weighted by Gasteiger charge is -2.34. The minimum absolute atomic E-state index is 0.134. The van der Waals surface area contributed by atoms with Crippen LogP contribution in [0.4, 0.5) is 5.69 Å². The topological polar surface area (TPSA) is 75.4 Å². The molecule has 0 spiro atoms. The predicted molar refractivity (Wildman–Crippen MR) is 82.1 cm³/mol. The first-order chi connectivity index (χ1) is 9.44. The molecule has 1 fully saturated rings. The summed E-state index contributed by atoms with van der Waals surface area (Å²) in [5.74, 6) is 0. The summed E-state index contributed by atoms with van der Waals surface area (Å²) in [6, 6.07) is 5.11. The number of aryl methyl sites for hydroxylation is 1. The molecule has 1 heterocycles. The molecule has 0 bridgehead atoms. The fourth-order valence-electron chi connectivity index (χ4n) is 2.44. The maximum Gasteiger partial charge on any atom is 0.301 e. The van der Waals surface area contributed by atoms with Crippen molar-refractivity contribution in [2.24, 2.45) is 5.73 Å². The van der Waals surface area contributed by atoms with E-state index in [9.17, 15) is 8.42 Å². The summed E-state index contributed by atoms with van der Waals surface area (Å²) in [4.78, 5) is 0. The van der Waals surface area contributed by atoms with Gasteiger partial charge in [-0.05, 0) is 37.5 Å². The summed E-state index contributed by atoms with van der Waals surface area (Å²) in [5.41, 5.74) is 7.03. The van der Waals surface area contributed by atoms with Crippen LogP contribution in [0.25, 0.3) is 0 Å². The van der Waals surface area contributed by atoms with Crippen LogP contribution < -0.4 is 10.5 Å². The minimum atomic E-state index is -3.62. The van der Waals surface area contributed by atoms with Crippen LogP contribution in [-0.2, 0) is 10.2 Å². The summed E-state index contributed by atoms with van der Waals surface area (Å²) in [6.07, 6.45) is 2.68. The Labute approximate surface area is 125 Å². The first kappa shape index (κ1) is 15.6. The van der Waals surface area contributed by atoms with Crippen molar-refractivity contribution < 1.29 is 8.42 Å². The maximum absolute atomic E-state index is 12.5. The second kappa shape index (κ2) is 6.30. The van der Waals surface area contributed by atoms with E-state index in [2.05, 4.69) is 4.72 Å². The Morgan fingerprint density at radius 1 is 1.45 bits per heavy atom. The normalized spacial score (nSPS) is 20.9. The van der Waals surface area contributed by atoms with Gasteiger partial charge < -0.3 is 5.73 Å². The van der Waals surface area contributed by atoms with Crippen LogP contribution in [0.3, 0.4) is 0 Å². The monoisotopic (exact) mass is 317 g/mol. The zero-order valence-electron chi connectivity index (χ0n) is 11.5. The summed E-state index contributed by atoms with van der Waals surface area (Å²) < 4.78 is 29.0. The highest BCUT2D eigenvalue weighted by Gasteiger charge is 2.31. The molecule has 5 nitrogen and oxygen atoms in total. The Morgan fingerprint density at radius 2 is 2.20 bits per heavy atom. The Balaban J connectivity index is 2.24. The van der Waals surface area contributed by atoms with Crippen molar-refractivity contribution in [1.82, 2.24) is 4.31 Å². The van der Waals surface area contributed by atoms with Crippen LogP contribution >= 0.6 is 11.6 Å². The van der Waals surface area contributed by atoms with E-state index < -0.39 is 10.2 Å². The number of hydrogen-bond acceptors (Lipinski definition) is 3. The van der Waals surface area contributed by atoms with Gasteiger partial charge in [0.15, 0.2) is 0 Å². The van der Waals surface area contributed by atoms with Crippen LogP contribution in [0, 0.1) is 6.92 Å². The molecule has 0 aromatic heterocycles. The first-order valence-electron chi connectivity index (χ1n) is 6.70. The second-order valence-electron chi connectivity index (χ2n) is 5.09. The molecule has 20 heavy (non-hydrogen) atoms. The van der Waals surface area contributed by atoms with Gasteiger partial charge >= 0.3 is 10.2 Å². The Bertz CT molecular complexity index is 577. The molecule has 1 aromatic carbocycles. The van der Waals surface area contributed by atoms with Gasteiger partial charge in [0.2, 0.25) is 0 Å². The van der Waals surface area contributed by atoms with Crippen molar-refractivity contribution in [3.8, 4) is 0 Å². The lowest BCUT2D eigenvalue weighted by molar-refractivity contribution is 0.259. The Morgan fingerprint density at radius 3 is 2.90 bits per heavy atom. The fourth-order valence-corrected chi connectivity index (χ4v) is 4.18. The first-order valence-corrected chi connectivity index (χ1v) is 8.51. The molecular weight excluding hydrogens is 298 g/mol. The zero-order chi connectivity index (χ0) is 14.8. The van der Waals surface area contributed by atoms with Crippen LogP contribution in [-0.4, -0.2) is 31.9 Å². The molecule has 2 rings (SSSR count). The molecule has 0 radical (unpaired) electrons. The van der Waals surface area contributed by atoms with Gasteiger partial charge in [-0.2, -0.15) is 12.7 Å². The van der Waals surface area contributed by atoms with E-state index in [0.717, 1.165) is 24.8 Å². The average Bonchev–Trinajstić information content (AvgIpc) is 2.42.